The summed E-state index contributed by atoms with van der Waals surface area (Å²) in [6.07, 6.45) is 5.81. The van der Waals surface area contributed by atoms with E-state index in [0.29, 0.717) is 30.0 Å². The molecule has 4 heterocycles. The molecular weight excluding hydrogens is 373 g/mol. The second-order valence-electron chi connectivity index (χ2n) is 6.82. The van der Waals surface area contributed by atoms with Gasteiger partial charge in [0.1, 0.15) is 12.4 Å². The summed E-state index contributed by atoms with van der Waals surface area (Å²) < 4.78 is 23.5. The molecule has 0 saturated heterocycles. The molecule has 3 aromatic heterocycles. The van der Waals surface area contributed by atoms with Gasteiger partial charge in [-0.15, -0.1) is 5.10 Å². The van der Waals surface area contributed by atoms with E-state index in [0.717, 1.165) is 22.5 Å². The molecule has 1 aliphatic heterocycles. The van der Waals surface area contributed by atoms with Crippen LogP contribution in [0, 0.1) is 5.82 Å². The Balaban J connectivity index is 1.76. The monoisotopic (exact) mass is 391 g/mol. The first-order chi connectivity index (χ1) is 14.1. The molecule has 4 aromatic rings. The molecule has 1 aromatic carbocycles. The SMILES string of the molecule is CCn1ncc2c1-c1cnc(N)c(c1)OCc1cc(F)ccc1-n1nncc1C2. The summed E-state index contributed by atoms with van der Waals surface area (Å²) in [5.41, 5.74) is 11.0. The van der Waals surface area contributed by atoms with Crippen LogP contribution in [0.3, 0.4) is 0 Å². The Morgan fingerprint density at radius 2 is 2.07 bits per heavy atom. The van der Waals surface area contributed by atoms with Crippen molar-refractivity contribution < 1.29 is 9.13 Å². The summed E-state index contributed by atoms with van der Waals surface area (Å²) in [4.78, 5) is 4.30. The van der Waals surface area contributed by atoms with Gasteiger partial charge >= 0.3 is 0 Å². The average Bonchev–Trinajstić information content (AvgIpc) is 3.34. The van der Waals surface area contributed by atoms with E-state index < -0.39 is 0 Å². The highest BCUT2D eigenvalue weighted by Crippen LogP contribution is 2.32. The third kappa shape index (κ3) is 2.91. The fraction of sp³-hybridized carbons (Fsp3) is 0.200. The molecule has 0 unspecified atom stereocenters. The number of fused-ring (bicyclic) bond motifs is 7. The van der Waals surface area contributed by atoms with Crippen LogP contribution in [0.4, 0.5) is 10.2 Å². The molecule has 0 atom stereocenters. The van der Waals surface area contributed by atoms with Gasteiger partial charge in [0, 0.05) is 35.9 Å². The van der Waals surface area contributed by atoms with E-state index in [1.165, 1.54) is 12.1 Å². The average molecular weight is 391 g/mol. The summed E-state index contributed by atoms with van der Waals surface area (Å²) in [7, 11) is 0. The van der Waals surface area contributed by atoms with Crippen molar-refractivity contribution in [1.82, 2.24) is 29.8 Å². The van der Waals surface area contributed by atoms with Crippen LogP contribution >= 0.6 is 0 Å². The first-order valence-corrected chi connectivity index (χ1v) is 9.25. The van der Waals surface area contributed by atoms with E-state index in [2.05, 4.69) is 20.4 Å². The van der Waals surface area contributed by atoms with Crippen molar-refractivity contribution >= 4 is 5.82 Å². The number of nitrogens with zero attached hydrogens (tertiary/aromatic N) is 6. The normalized spacial score (nSPS) is 12.8. The number of hydrogen-bond acceptors (Lipinski definition) is 6. The number of halogens is 1. The van der Waals surface area contributed by atoms with Gasteiger partial charge in [0.05, 0.1) is 29.5 Å². The fourth-order valence-electron chi connectivity index (χ4n) is 3.63. The zero-order valence-electron chi connectivity index (χ0n) is 15.7. The quantitative estimate of drug-likeness (QED) is 0.536. The van der Waals surface area contributed by atoms with Crippen molar-refractivity contribution in [2.45, 2.75) is 26.5 Å². The smallest absolute Gasteiger partial charge is 0.166 e. The Hall–Kier alpha value is -3.75. The number of pyridine rings is 1. The van der Waals surface area contributed by atoms with Crippen LogP contribution in [0.1, 0.15) is 23.7 Å². The minimum absolute atomic E-state index is 0.113. The van der Waals surface area contributed by atoms with E-state index >= 15 is 0 Å². The van der Waals surface area contributed by atoms with Gasteiger partial charge in [-0.25, -0.2) is 14.1 Å². The molecule has 0 fully saturated rings. The lowest BCUT2D eigenvalue weighted by Crippen LogP contribution is -2.11. The van der Waals surface area contributed by atoms with Crippen molar-refractivity contribution in [2.75, 3.05) is 5.73 Å². The third-order valence-corrected chi connectivity index (χ3v) is 5.01. The Labute approximate surface area is 165 Å². The largest absolute Gasteiger partial charge is 0.485 e. The summed E-state index contributed by atoms with van der Waals surface area (Å²) in [6.45, 7) is 2.85. The molecule has 9 heteroatoms. The summed E-state index contributed by atoms with van der Waals surface area (Å²) in [5, 5.41) is 12.8. The van der Waals surface area contributed by atoms with Gasteiger partial charge in [-0.1, -0.05) is 5.21 Å². The van der Waals surface area contributed by atoms with E-state index in [1.807, 2.05) is 23.9 Å². The molecule has 0 saturated carbocycles. The Bertz CT molecular complexity index is 1210. The van der Waals surface area contributed by atoms with Crippen LogP contribution in [0.5, 0.6) is 5.75 Å². The van der Waals surface area contributed by atoms with E-state index in [1.54, 1.807) is 23.1 Å². The van der Waals surface area contributed by atoms with E-state index in [9.17, 15) is 4.39 Å². The van der Waals surface area contributed by atoms with Crippen LogP contribution in [0.15, 0.2) is 42.9 Å². The molecule has 0 radical (unpaired) electrons. The Morgan fingerprint density at radius 1 is 1.17 bits per heavy atom. The number of hydrogen-bond donors (Lipinski definition) is 1. The van der Waals surface area contributed by atoms with Crippen LogP contribution in [-0.4, -0.2) is 29.8 Å². The van der Waals surface area contributed by atoms with Crippen molar-refractivity contribution in [1.29, 1.82) is 0 Å². The highest BCUT2D eigenvalue weighted by molar-refractivity contribution is 5.67. The van der Waals surface area contributed by atoms with Gasteiger partial charge in [0.25, 0.3) is 0 Å². The highest BCUT2D eigenvalue weighted by atomic mass is 19.1. The highest BCUT2D eigenvalue weighted by Gasteiger charge is 2.20. The van der Waals surface area contributed by atoms with Gasteiger partial charge < -0.3 is 10.5 Å². The van der Waals surface area contributed by atoms with Gasteiger partial charge in [-0.05, 0) is 31.2 Å². The number of rotatable bonds is 1. The predicted molar refractivity (Wildman–Crippen MR) is 104 cm³/mol. The first-order valence-electron chi connectivity index (χ1n) is 9.25. The zero-order chi connectivity index (χ0) is 20.0. The fourth-order valence-corrected chi connectivity index (χ4v) is 3.63. The molecule has 0 amide bonds. The summed E-state index contributed by atoms with van der Waals surface area (Å²) >= 11 is 0. The molecule has 0 aliphatic carbocycles. The third-order valence-electron chi connectivity index (χ3n) is 5.01. The van der Waals surface area contributed by atoms with Crippen molar-refractivity contribution in [3.8, 4) is 22.7 Å². The minimum Gasteiger partial charge on any atom is -0.485 e. The number of anilines is 1. The Kier molecular flexibility index (Phi) is 4.01. The first kappa shape index (κ1) is 17.4. The number of aromatic nitrogens is 6. The molecule has 2 N–H and O–H groups in total. The predicted octanol–water partition coefficient (Wildman–Crippen LogP) is 2.75. The molecular formula is C20H18FN7O. The number of ether oxygens (including phenoxy) is 1. The lowest BCUT2D eigenvalue weighted by atomic mass is 10.0. The van der Waals surface area contributed by atoms with Crippen molar-refractivity contribution in [2.24, 2.45) is 0 Å². The van der Waals surface area contributed by atoms with Crippen molar-refractivity contribution in [3.05, 3.63) is 65.5 Å². The molecule has 29 heavy (non-hydrogen) atoms. The molecule has 2 bridgehead atoms. The van der Waals surface area contributed by atoms with Gasteiger partial charge in [0.15, 0.2) is 11.6 Å². The lowest BCUT2D eigenvalue weighted by molar-refractivity contribution is 0.305. The van der Waals surface area contributed by atoms with Gasteiger partial charge in [-0.3, -0.25) is 4.68 Å². The van der Waals surface area contributed by atoms with Gasteiger partial charge in [0.2, 0.25) is 0 Å². The summed E-state index contributed by atoms with van der Waals surface area (Å²) in [5.74, 6) is 0.355. The van der Waals surface area contributed by atoms with Crippen LogP contribution in [-0.2, 0) is 19.6 Å². The maximum absolute atomic E-state index is 13.9. The second kappa shape index (κ2) is 6.69. The molecule has 5 rings (SSSR count). The van der Waals surface area contributed by atoms with Crippen LogP contribution in [0.2, 0.25) is 0 Å². The maximum atomic E-state index is 13.9. The van der Waals surface area contributed by atoms with Crippen molar-refractivity contribution in [3.63, 3.8) is 0 Å². The number of nitrogens with two attached hydrogens (primary N) is 1. The molecule has 1 aliphatic rings. The zero-order valence-corrected chi connectivity index (χ0v) is 15.7. The van der Waals surface area contributed by atoms with E-state index in [-0.39, 0.29) is 18.2 Å². The van der Waals surface area contributed by atoms with Crippen LogP contribution in [0.25, 0.3) is 16.9 Å². The molecule has 0 spiro atoms. The Morgan fingerprint density at radius 3 is 2.93 bits per heavy atom. The number of aryl methyl sites for hydroxylation is 1. The van der Waals surface area contributed by atoms with E-state index in [4.69, 9.17) is 10.5 Å². The molecule has 8 nitrogen and oxygen atoms in total. The maximum Gasteiger partial charge on any atom is 0.166 e. The van der Waals surface area contributed by atoms with Gasteiger partial charge in [-0.2, -0.15) is 5.10 Å². The topological polar surface area (TPSA) is 96.7 Å². The van der Waals surface area contributed by atoms with Crippen LogP contribution < -0.4 is 10.5 Å². The standard InChI is InChI=1S/C20H18FN7O/c1-2-27-19-12(9-25-27)6-16-10-24-26-28(16)17-4-3-15(21)5-14(17)11-29-18-7-13(19)8-23-20(18)22/h3-5,7-10H,2,6,11H2,1H3,(H2,22,23). The number of benzene rings is 1. The summed E-state index contributed by atoms with van der Waals surface area (Å²) in [6, 6.07) is 6.35. The second-order valence-corrected chi connectivity index (χ2v) is 6.82. The number of nitrogen functional groups attached to an aromatic ring is 1. The molecule has 146 valence electrons. The minimum atomic E-state index is -0.354. The lowest BCUT2D eigenvalue weighted by Gasteiger charge is -2.16.